The second-order valence-electron chi connectivity index (χ2n) is 8.37. The maximum absolute atomic E-state index is 11.3. The summed E-state index contributed by atoms with van der Waals surface area (Å²) in [6.07, 6.45) is 0.00410. The normalized spacial score (nSPS) is 16.5. The number of fused-ring (bicyclic) bond motifs is 3. The van der Waals surface area contributed by atoms with E-state index in [9.17, 15) is 9.90 Å². The Hall–Kier alpha value is -3.26. The molecule has 1 N–H and O–H groups in total. The first-order valence-electron chi connectivity index (χ1n) is 11.4. The Labute approximate surface area is 218 Å². The summed E-state index contributed by atoms with van der Waals surface area (Å²) in [4.78, 5) is 15.2. The Kier molecular flexibility index (Phi) is 6.79. The van der Waals surface area contributed by atoms with Crippen LogP contribution in [-0.2, 0) is 21.1 Å². The molecule has 0 aliphatic carbocycles. The van der Waals surface area contributed by atoms with Crippen LogP contribution in [0.5, 0.6) is 11.5 Å². The van der Waals surface area contributed by atoms with Crippen molar-refractivity contribution in [2.24, 2.45) is 0 Å². The van der Waals surface area contributed by atoms with Crippen LogP contribution in [0.4, 0.5) is 0 Å². The quantitative estimate of drug-likeness (QED) is 0.278. The number of carboxylic acids is 1. The van der Waals surface area contributed by atoms with E-state index in [1.807, 2.05) is 66.7 Å². The second kappa shape index (κ2) is 10.0. The lowest BCUT2D eigenvalue weighted by atomic mass is 9.94. The first-order valence-corrected chi connectivity index (χ1v) is 12.7. The van der Waals surface area contributed by atoms with E-state index in [1.54, 1.807) is 14.2 Å². The molecule has 0 amide bonds. The van der Waals surface area contributed by atoms with Gasteiger partial charge in [0.1, 0.15) is 18.1 Å². The van der Waals surface area contributed by atoms with Crippen LogP contribution in [0.1, 0.15) is 23.1 Å². The summed E-state index contributed by atoms with van der Waals surface area (Å²) in [6.45, 7) is 0.330. The molecule has 0 bridgehead atoms. The van der Waals surface area contributed by atoms with E-state index < -0.39 is 10.9 Å². The smallest absolute Gasteiger partial charge is 0.304 e. The van der Waals surface area contributed by atoms with Crippen molar-refractivity contribution in [1.82, 2.24) is 4.98 Å². The van der Waals surface area contributed by atoms with Crippen LogP contribution >= 0.6 is 23.4 Å². The second-order valence-corrected chi connectivity index (χ2v) is 10.1. The Balaban J connectivity index is 1.67. The minimum Gasteiger partial charge on any atom is -0.497 e. The maximum atomic E-state index is 11.3. The minimum absolute atomic E-state index is 0.00410. The average molecular weight is 522 g/mol. The lowest BCUT2D eigenvalue weighted by molar-refractivity contribution is -0.136. The maximum Gasteiger partial charge on any atom is 0.304 e. The molecule has 5 rings (SSSR count). The van der Waals surface area contributed by atoms with Gasteiger partial charge in [0, 0.05) is 45.5 Å². The van der Waals surface area contributed by atoms with Gasteiger partial charge in [-0.15, -0.1) is 11.8 Å². The van der Waals surface area contributed by atoms with Gasteiger partial charge in [-0.3, -0.25) is 4.79 Å². The molecule has 1 aromatic heterocycles. The third-order valence-electron chi connectivity index (χ3n) is 6.24. The van der Waals surface area contributed by atoms with E-state index in [4.69, 9.17) is 30.8 Å². The molecule has 0 saturated carbocycles. The highest BCUT2D eigenvalue weighted by Crippen LogP contribution is 2.51. The highest BCUT2D eigenvalue weighted by molar-refractivity contribution is 8.00. The number of hydrogen-bond donors (Lipinski definition) is 1. The average Bonchev–Trinajstić information content (AvgIpc) is 3.02. The molecule has 8 heteroatoms. The number of aromatic nitrogens is 1. The molecule has 1 atom stereocenters. The monoisotopic (exact) mass is 521 g/mol. The topological polar surface area (TPSA) is 77.9 Å². The lowest BCUT2D eigenvalue weighted by Gasteiger charge is -2.33. The lowest BCUT2D eigenvalue weighted by Crippen LogP contribution is -2.28. The zero-order valence-corrected chi connectivity index (χ0v) is 21.4. The van der Waals surface area contributed by atoms with Gasteiger partial charge < -0.3 is 19.3 Å². The van der Waals surface area contributed by atoms with Crippen LogP contribution in [0, 0.1) is 0 Å². The van der Waals surface area contributed by atoms with Gasteiger partial charge >= 0.3 is 5.97 Å². The van der Waals surface area contributed by atoms with Gasteiger partial charge in [0.2, 0.25) is 0 Å². The van der Waals surface area contributed by atoms with Crippen molar-refractivity contribution in [1.29, 1.82) is 0 Å². The molecule has 0 radical (unpaired) electrons. The van der Waals surface area contributed by atoms with Gasteiger partial charge in [0.25, 0.3) is 0 Å². The van der Waals surface area contributed by atoms with Gasteiger partial charge in [0.15, 0.2) is 4.93 Å². The molecule has 6 nitrogen and oxygen atoms in total. The van der Waals surface area contributed by atoms with E-state index in [0.29, 0.717) is 28.9 Å². The van der Waals surface area contributed by atoms with Gasteiger partial charge in [-0.1, -0.05) is 29.8 Å². The molecule has 0 spiro atoms. The third kappa shape index (κ3) is 4.50. The van der Waals surface area contributed by atoms with Crippen molar-refractivity contribution in [3.63, 3.8) is 0 Å². The number of aliphatic carboxylic acids is 1. The number of hydrogen-bond acceptors (Lipinski definition) is 6. The molecule has 36 heavy (non-hydrogen) atoms. The molecule has 0 fully saturated rings. The van der Waals surface area contributed by atoms with Crippen molar-refractivity contribution in [2.75, 3.05) is 20.0 Å². The van der Waals surface area contributed by atoms with E-state index >= 15 is 0 Å². The fourth-order valence-corrected chi connectivity index (χ4v) is 6.00. The Bertz CT molecular complexity index is 1460. The largest absolute Gasteiger partial charge is 0.497 e. The van der Waals surface area contributed by atoms with Gasteiger partial charge in [-0.05, 0) is 48.5 Å². The number of ether oxygens (including phenoxy) is 3. The molecule has 1 aliphatic rings. The highest BCUT2D eigenvalue weighted by Gasteiger charge is 2.42. The zero-order valence-electron chi connectivity index (χ0n) is 19.8. The predicted octanol–water partition coefficient (Wildman–Crippen LogP) is 6.51. The predicted molar refractivity (Wildman–Crippen MR) is 142 cm³/mol. The molecular weight excluding hydrogens is 498 g/mol. The molecule has 1 unspecified atom stereocenters. The summed E-state index contributed by atoms with van der Waals surface area (Å²) in [5.41, 5.74) is 5.08. The number of carboxylic acid groups (broad SMARTS) is 1. The molecule has 4 aromatic rings. The fraction of sp³-hybridized carbons (Fsp3) is 0.214. The summed E-state index contributed by atoms with van der Waals surface area (Å²) in [7, 11) is 3.26. The Morgan fingerprint density at radius 3 is 2.69 bits per heavy atom. The van der Waals surface area contributed by atoms with Crippen LogP contribution in [0.2, 0.25) is 5.02 Å². The number of halogens is 1. The van der Waals surface area contributed by atoms with E-state index in [1.165, 1.54) is 11.8 Å². The standard InChI is InChI=1S/C28H24ClNO5S/c1-33-21-7-8-22-19(13-21)16-35-26-10-5-18(14-23(26)28(22,34-2)36-12-11-27(31)32)24-9-4-17-3-6-20(29)15-25(17)30-24/h3-10,13-15H,11-12,16H2,1-2H3,(H,31,32). The molecule has 2 heterocycles. The summed E-state index contributed by atoms with van der Waals surface area (Å²) in [5, 5.41) is 10.9. The summed E-state index contributed by atoms with van der Waals surface area (Å²) >= 11 is 7.63. The summed E-state index contributed by atoms with van der Waals surface area (Å²) in [5.74, 6) is 0.873. The number of methoxy groups -OCH3 is 2. The summed E-state index contributed by atoms with van der Waals surface area (Å²) in [6, 6.07) is 21.3. The highest BCUT2D eigenvalue weighted by atomic mass is 35.5. The molecule has 1 aliphatic heterocycles. The van der Waals surface area contributed by atoms with Crippen molar-refractivity contribution in [2.45, 2.75) is 18.0 Å². The molecular formula is C28H24ClNO5S. The summed E-state index contributed by atoms with van der Waals surface area (Å²) < 4.78 is 17.9. The SMILES string of the molecule is COc1ccc2c(c1)COc1ccc(-c3ccc4ccc(Cl)cc4n3)cc1C2(OC)SCCC(=O)O. The number of pyridine rings is 1. The molecule has 3 aromatic carbocycles. The van der Waals surface area contributed by atoms with Crippen molar-refractivity contribution >= 4 is 40.2 Å². The van der Waals surface area contributed by atoms with Crippen LogP contribution in [0.3, 0.4) is 0 Å². The van der Waals surface area contributed by atoms with Crippen molar-refractivity contribution in [3.8, 4) is 22.8 Å². The first kappa shape index (κ1) is 24.4. The van der Waals surface area contributed by atoms with Crippen molar-refractivity contribution < 1.29 is 24.1 Å². The number of nitrogens with zero attached hydrogens (tertiary/aromatic N) is 1. The number of thioether (sulfide) groups is 1. The Morgan fingerprint density at radius 2 is 1.92 bits per heavy atom. The van der Waals surface area contributed by atoms with Crippen LogP contribution in [0.25, 0.3) is 22.2 Å². The van der Waals surface area contributed by atoms with Crippen LogP contribution < -0.4 is 9.47 Å². The molecule has 0 saturated heterocycles. The van der Waals surface area contributed by atoms with E-state index in [2.05, 4.69) is 0 Å². The Morgan fingerprint density at radius 1 is 1.08 bits per heavy atom. The zero-order chi connectivity index (χ0) is 25.3. The van der Waals surface area contributed by atoms with E-state index in [-0.39, 0.29) is 6.42 Å². The fourth-order valence-electron chi connectivity index (χ4n) is 4.48. The number of carbonyl (C=O) groups is 1. The van der Waals surface area contributed by atoms with Crippen molar-refractivity contribution in [3.05, 3.63) is 88.4 Å². The number of rotatable bonds is 7. The molecule has 184 valence electrons. The van der Waals surface area contributed by atoms with Gasteiger partial charge in [-0.2, -0.15) is 0 Å². The van der Waals surface area contributed by atoms with E-state index in [0.717, 1.165) is 38.9 Å². The number of benzene rings is 3. The van der Waals surface area contributed by atoms with Gasteiger partial charge in [0.05, 0.1) is 24.7 Å². The first-order chi connectivity index (χ1) is 17.4. The third-order valence-corrected chi connectivity index (χ3v) is 7.90. The van der Waals surface area contributed by atoms with Gasteiger partial charge in [-0.25, -0.2) is 4.98 Å². The van der Waals surface area contributed by atoms with Crippen LogP contribution in [-0.4, -0.2) is 36.0 Å². The van der Waals surface area contributed by atoms with Crippen LogP contribution in [0.15, 0.2) is 66.7 Å². The minimum atomic E-state index is -0.987.